The van der Waals surface area contributed by atoms with Crippen molar-refractivity contribution in [2.24, 2.45) is 0 Å². The van der Waals surface area contributed by atoms with Crippen LogP contribution in [-0.2, 0) is 11.2 Å². The van der Waals surface area contributed by atoms with Crippen molar-refractivity contribution in [3.8, 4) is 0 Å². The van der Waals surface area contributed by atoms with Crippen LogP contribution in [0.4, 0.5) is 22.0 Å². The number of rotatable bonds is 6. The van der Waals surface area contributed by atoms with Crippen molar-refractivity contribution in [3.63, 3.8) is 0 Å². The van der Waals surface area contributed by atoms with Crippen LogP contribution >= 0.6 is 29.3 Å². The Morgan fingerprint density at radius 3 is 1.83 bits per heavy atom. The lowest BCUT2D eigenvalue weighted by molar-refractivity contribution is 0.0161. The van der Waals surface area contributed by atoms with E-state index >= 15 is 0 Å². The Morgan fingerprint density at radius 2 is 1.46 bits per heavy atom. The van der Waals surface area contributed by atoms with E-state index < -0.39 is 60.1 Å². The van der Waals surface area contributed by atoms with E-state index in [1.807, 2.05) is 0 Å². The molecule has 24 heavy (non-hydrogen) atoms. The summed E-state index contributed by atoms with van der Waals surface area (Å²) in [7, 11) is 0. The molecule has 0 fully saturated rings. The minimum atomic E-state index is -2.23. The van der Waals surface area contributed by atoms with Gasteiger partial charge in [0.2, 0.25) is 12.7 Å². The number of benzene rings is 1. The lowest BCUT2D eigenvalue weighted by atomic mass is 10.1. The summed E-state index contributed by atoms with van der Waals surface area (Å²) in [5, 5.41) is 9.52. The van der Waals surface area contributed by atoms with Gasteiger partial charge in [0.05, 0.1) is 18.8 Å². The average Bonchev–Trinajstić information content (AvgIpc) is 2.52. The zero-order valence-electron chi connectivity index (χ0n) is 12.2. The maximum Gasteiger partial charge on any atom is 0.222 e. The van der Waals surface area contributed by atoms with E-state index in [4.69, 9.17) is 9.63 Å². The molecule has 0 spiro atoms. The quantitative estimate of drug-likeness (QED) is 0.236. The SMILES string of the molecule is C=CC(C)OCC(O)Cc1c(F)c(F)c(F)c(F)c1F.OP(Cl)Cl. The molecular weight excluding hydrogens is 401 g/mol. The van der Waals surface area contributed by atoms with E-state index in [1.54, 1.807) is 6.92 Å². The second kappa shape index (κ2) is 11.2. The molecule has 11 heteroatoms. The molecule has 1 rings (SSSR count). The smallest absolute Gasteiger partial charge is 0.222 e. The number of aliphatic hydroxyl groups is 1. The first kappa shape index (κ1) is 23.5. The summed E-state index contributed by atoms with van der Waals surface area (Å²) >= 11 is 9.32. The third kappa shape index (κ3) is 7.59. The molecule has 0 saturated carbocycles. The maximum atomic E-state index is 13.3. The Kier molecular flexibility index (Phi) is 10.9. The molecule has 0 bridgehead atoms. The van der Waals surface area contributed by atoms with E-state index in [0.29, 0.717) is 0 Å². The fourth-order valence-corrected chi connectivity index (χ4v) is 1.46. The highest BCUT2D eigenvalue weighted by molar-refractivity contribution is 7.99. The molecule has 2 atom stereocenters. The fraction of sp³-hybridized carbons (Fsp3) is 0.385. The third-order valence-corrected chi connectivity index (χ3v) is 2.62. The molecule has 0 aromatic heterocycles. The number of halogens is 7. The van der Waals surface area contributed by atoms with Gasteiger partial charge in [0.15, 0.2) is 23.3 Å². The van der Waals surface area contributed by atoms with E-state index in [1.165, 1.54) is 6.08 Å². The molecule has 2 N–H and O–H groups in total. The van der Waals surface area contributed by atoms with Gasteiger partial charge in [-0.15, -0.1) is 6.58 Å². The second-order valence-corrected chi connectivity index (χ2v) is 7.27. The van der Waals surface area contributed by atoms with E-state index in [-0.39, 0.29) is 6.61 Å². The molecule has 0 aliphatic carbocycles. The van der Waals surface area contributed by atoms with E-state index in [2.05, 4.69) is 29.1 Å². The van der Waals surface area contributed by atoms with Crippen molar-refractivity contribution in [2.45, 2.75) is 25.6 Å². The van der Waals surface area contributed by atoms with Crippen molar-refractivity contribution < 1.29 is 36.7 Å². The summed E-state index contributed by atoms with van der Waals surface area (Å²) in [5.74, 6) is -10.2. The summed E-state index contributed by atoms with van der Waals surface area (Å²) in [4.78, 5) is 7.65. The predicted molar refractivity (Wildman–Crippen MR) is 82.4 cm³/mol. The van der Waals surface area contributed by atoms with Gasteiger partial charge < -0.3 is 14.7 Å². The van der Waals surface area contributed by atoms with Gasteiger partial charge in [-0.1, -0.05) is 6.08 Å². The summed E-state index contributed by atoms with van der Waals surface area (Å²) in [6.45, 7) is 3.02. The maximum absolute atomic E-state index is 13.3. The van der Waals surface area contributed by atoms with Crippen LogP contribution in [-0.4, -0.2) is 28.8 Å². The van der Waals surface area contributed by atoms with Crippen molar-refractivity contribution in [1.82, 2.24) is 0 Å². The Balaban J connectivity index is 0.00000118. The first-order valence-corrected chi connectivity index (χ1v) is 9.36. The van der Waals surface area contributed by atoms with Gasteiger partial charge in [-0.2, -0.15) is 0 Å². The van der Waals surface area contributed by atoms with Crippen LogP contribution in [0.25, 0.3) is 0 Å². The van der Waals surface area contributed by atoms with Crippen LogP contribution in [0.5, 0.6) is 0 Å². The van der Waals surface area contributed by atoms with Crippen LogP contribution in [0.3, 0.4) is 0 Å². The number of hydrogen-bond donors (Lipinski definition) is 2. The number of ether oxygens (including phenoxy) is 1. The van der Waals surface area contributed by atoms with Gasteiger partial charge in [-0.25, -0.2) is 22.0 Å². The first-order chi connectivity index (χ1) is 11.0. The lowest BCUT2D eigenvalue weighted by Crippen LogP contribution is -2.23. The van der Waals surface area contributed by atoms with Crippen LogP contribution in [0.15, 0.2) is 12.7 Å². The Labute approximate surface area is 146 Å². The fourth-order valence-electron chi connectivity index (χ4n) is 1.46. The first-order valence-electron chi connectivity index (χ1n) is 6.25. The Bertz CT molecular complexity index is 531. The highest BCUT2D eigenvalue weighted by atomic mass is 35.9. The van der Waals surface area contributed by atoms with E-state index in [0.717, 1.165) is 0 Å². The molecule has 1 aromatic rings. The highest BCUT2D eigenvalue weighted by Gasteiger charge is 2.26. The van der Waals surface area contributed by atoms with Crippen LogP contribution < -0.4 is 0 Å². The molecule has 0 saturated heterocycles. The zero-order chi connectivity index (χ0) is 19.0. The zero-order valence-corrected chi connectivity index (χ0v) is 14.7. The molecule has 138 valence electrons. The topological polar surface area (TPSA) is 49.7 Å². The van der Waals surface area contributed by atoms with Crippen LogP contribution in [0.1, 0.15) is 12.5 Å². The number of aliphatic hydroxyl groups excluding tert-OH is 1. The highest BCUT2D eigenvalue weighted by Crippen LogP contribution is 2.40. The monoisotopic (exact) mass is 414 g/mol. The normalized spacial score (nSPS) is 13.3. The van der Waals surface area contributed by atoms with Crippen molar-refractivity contribution in [2.75, 3.05) is 6.61 Å². The summed E-state index contributed by atoms with van der Waals surface area (Å²) in [6, 6.07) is 0. The van der Waals surface area contributed by atoms with Gasteiger partial charge in [0.25, 0.3) is 0 Å². The minimum Gasteiger partial charge on any atom is -0.390 e. The summed E-state index contributed by atoms with van der Waals surface area (Å²) < 4.78 is 70.4. The second-order valence-electron chi connectivity index (χ2n) is 4.40. The number of hydrogen-bond acceptors (Lipinski definition) is 3. The molecule has 3 nitrogen and oxygen atoms in total. The molecule has 2 unspecified atom stereocenters. The molecule has 1 aromatic carbocycles. The van der Waals surface area contributed by atoms with Crippen molar-refractivity contribution in [3.05, 3.63) is 47.3 Å². The van der Waals surface area contributed by atoms with Gasteiger partial charge in [0, 0.05) is 12.0 Å². The van der Waals surface area contributed by atoms with E-state index in [9.17, 15) is 27.1 Å². The molecule has 0 amide bonds. The van der Waals surface area contributed by atoms with Crippen molar-refractivity contribution in [1.29, 1.82) is 0 Å². The summed E-state index contributed by atoms with van der Waals surface area (Å²) in [6.07, 6.45) is -1.16. The molecular formula is C13H14Cl2F5O3P. The van der Waals surface area contributed by atoms with Gasteiger partial charge >= 0.3 is 0 Å². The molecule has 0 aliphatic heterocycles. The summed E-state index contributed by atoms with van der Waals surface area (Å²) in [5.41, 5.74) is -1.07. The minimum absolute atomic E-state index is 0.327. The Hall–Kier alpha value is -0.500. The molecule has 0 radical (unpaired) electrons. The third-order valence-electron chi connectivity index (χ3n) is 2.62. The Morgan fingerprint density at radius 1 is 1.08 bits per heavy atom. The van der Waals surface area contributed by atoms with Crippen LogP contribution in [0, 0.1) is 29.1 Å². The van der Waals surface area contributed by atoms with Gasteiger partial charge in [-0.05, 0) is 29.4 Å². The average molecular weight is 415 g/mol. The van der Waals surface area contributed by atoms with Crippen molar-refractivity contribution >= 4 is 29.3 Å². The lowest BCUT2D eigenvalue weighted by Gasteiger charge is -2.15. The standard InChI is InChI=1S/C13H13F5O2.Cl2HOP/c1-3-6(2)20-5-7(19)4-8-9(14)11(16)13(18)12(17)10(8)15;1-4(2)3/h3,6-7,19H,1,4-5H2,2H3;3H. The predicted octanol–water partition coefficient (Wildman–Crippen LogP) is 4.56. The van der Waals surface area contributed by atoms with Gasteiger partial charge in [0.1, 0.15) is 0 Å². The molecule has 0 heterocycles. The largest absolute Gasteiger partial charge is 0.390 e. The molecule has 0 aliphatic rings. The van der Waals surface area contributed by atoms with Crippen LogP contribution in [0.2, 0.25) is 0 Å². The van der Waals surface area contributed by atoms with Gasteiger partial charge in [-0.3, -0.25) is 0 Å².